The van der Waals surface area contributed by atoms with Crippen LogP contribution in [0, 0.1) is 5.92 Å². The fourth-order valence-corrected chi connectivity index (χ4v) is 5.39. The van der Waals surface area contributed by atoms with Crippen molar-refractivity contribution >= 4 is 15.7 Å². The van der Waals surface area contributed by atoms with Gasteiger partial charge in [0.25, 0.3) is 0 Å². The van der Waals surface area contributed by atoms with Crippen LogP contribution in [0.15, 0.2) is 30.3 Å². The molecule has 1 N–H and O–H groups in total. The van der Waals surface area contributed by atoms with Gasteiger partial charge >= 0.3 is 0 Å². The number of carbonyl (C=O) groups is 1. The van der Waals surface area contributed by atoms with Gasteiger partial charge < -0.3 is 5.32 Å². The topological polar surface area (TPSA) is 66.5 Å². The summed E-state index contributed by atoms with van der Waals surface area (Å²) in [6, 6.07) is 10.1. The van der Waals surface area contributed by atoms with Crippen LogP contribution in [0.1, 0.15) is 24.8 Å². The Hall–Kier alpha value is -1.40. The van der Waals surface area contributed by atoms with Crippen molar-refractivity contribution < 1.29 is 13.2 Å². The van der Waals surface area contributed by atoms with Crippen molar-refractivity contribution in [3.05, 3.63) is 35.9 Å². The summed E-state index contributed by atoms with van der Waals surface area (Å²) in [5.41, 5.74) is 1.22. The minimum Gasteiger partial charge on any atom is -0.354 e. The largest absolute Gasteiger partial charge is 0.354 e. The summed E-state index contributed by atoms with van der Waals surface area (Å²) in [5.74, 6) is 0.596. The van der Waals surface area contributed by atoms with Crippen molar-refractivity contribution in [2.75, 3.05) is 24.6 Å². The van der Waals surface area contributed by atoms with E-state index in [0.717, 1.165) is 25.9 Å². The first-order valence-electron chi connectivity index (χ1n) is 8.29. The van der Waals surface area contributed by atoms with E-state index in [4.69, 9.17) is 0 Å². The van der Waals surface area contributed by atoms with Gasteiger partial charge in [-0.1, -0.05) is 30.3 Å². The average molecular weight is 336 g/mol. The Labute approximate surface area is 138 Å². The normalized spacial score (nSPS) is 27.1. The highest BCUT2D eigenvalue weighted by Crippen LogP contribution is 2.21. The molecular formula is C17H24N2O3S. The number of benzene rings is 1. The minimum atomic E-state index is -2.88. The molecule has 0 spiro atoms. The van der Waals surface area contributed by atoms with Gasteiger partial charge in [0.1, 0.15) is 0 Å². The third kappa shape index (κ3) is 4.32. The monoisotopic (exact) mass is 336 g/mol. The molecule has 2 saturated heterocycles. The van der Waals surface area contributed by atoms with Crippen LogP contribution >= 0.6 is 0 Å². The van der Waals surface area contributed by atoms with Gasteiger partial charge in [-0.15, -0.1) is 0 Å². The van der Waals surface area contributed by atoms with Gasteiger partial charge in [-0.2, -0.15) is 0 Å². The SMILES string of the molecule is O=C(NCC1CCS(=O)(=O)C1)C1CCCN1Cc1ccccc1. The van der Waals surface area contributed by atoms with Crippen molar-refractivity contribution in [2.45, 2.75) is 31.8 Å². The van der Waals surface area contributed by atoms with Crippen molar-refractivity contribution in [1.29, 1.82) is 0 Å². The van der Waals surface area contributed by atoms with Crippen LogP contribution < -0.4 is 5.32 Å². The molecule has 2 fully saturated rings. The van der Waals surface area contributed by atoms with Crippen LogP contribution in [0.3, 0.4) is 0 Å². The predicted octanol–water partition coefficient (Wildman–Crippen LogP) is 1.20. The molecule has 1 aromatic carbocycles. The Morgan fingerprint density at radius 2 is 2.00 bits per heavy atom. The van der Waals surface area contributed by atoms with Crippen LogP contribution in [-0.2, 0) is 21.2 Å². The molecule has 2 unspecified atom stereocenters. The second-order valence-corrected chi connectivity index (χ2v) is 8.86. The number of nitrogens with zero attached hydrogens (tertiary/aromatic N) is 1. The van der Waals surface area contributed by atoms with E-state index in [1.165, 1.54) is 5.56 Å². The molecular weight excluding hydrogens is 312 g/mol. The summed E-state index contributed by atoms with van der Waals surface area (Å²) in [7, 11) is -2.88. The Balaban J connectivity index is 1.52. The first-order chi connectivity index (χ1) is 11.0. The molecule has 2 aliphatic rings. The summed E-state index contributed by atoms with van der Waals surface area (Å²) in [5, 5.41) is 2.98. The molecule has 1 amide bonds. The van der Waals surface area contributed by atoms with Crippen molar-refractivity contribution in [1.82, 2.24) is 10.2 Å². The standard InChI is InChI=1S/C17H24N2O3S/c20-17(18-11-15-8-10-23(21,22)13-15)16-7-4-9-19(16)12-14-5-2-1-3-6-14/h1-3,5-6,15-16H,4,7-13H2,(H,18,20). The Bertz CT molecular complexity index is 645. The quantitative estimate of drug-likeness (QED) is 0.877. The summed E-state index contributed by atoms with van der Waals surface area (Å²) < 4.78 is 23.0. The molecule has 6 heteroatoms. The molecule has 2 aliphatic heterocycles. The van der Waals surface area contributed by atoms with Crippen molar-refractivity contribution in [3.8, 4) is 0 Å². The number of rotatable bonds is 5. The molecule has 5 nitrogen and oxygen atoms in total. The number of hydrogen-bond donors (Lipinski definition) is 1. The summed E-state index contributed by atoms with van der Waals surface area (Å²) in [4.78, 5) is 14.7. The molecule has 0 aliphatic carbocycles. The van der Waals surface area contributed by atoms with Crippen LogP contribution in [0.2, 0.25) is 0 Å². The smallest absolute Gasteiger partial charge is 0.237 e. The molecule has 126 valence electrons. The highest BCUT2D eigenvalue weighted by atomic mass is 32.2. The maximum Gasteiger partial charge on any atom is 0.237 e. The van der Waals surface area contributed by atoms with Gasteiger partial charge in [0, 0.05) is 13.1 Å². The van der Waals surface area contributed by atoms with Crippen LogP contribution in [-0.4, -0.2) is 49.9 Å². The molecule has 0 radical (unpaired) electrons. The zero-order valence-electron chi connectivity index (χ0n) is 13.3. The van der Waals surface area contributed by atoms with Crippen LogP contribution in [0.4, 0.5) is 0 Å². The lowest BCUT2D eigenvalue weighted by molar-refractivity contribution is -0.125. The summed E-state index contributed by atoms with van der Waals surface area (Å²) in [6.07, 6.45) is 2.57. The van der Waals surface area contributed by atoms with Crippen LogP contribution in [0.5, 0.6) is 0 Å². The Morgan fingerprint density at radius 3 is 2.70 bits per heavy atom. The molecule has 2 heterocycles. The average Bonchev–Trinajstić information content (AvgIpc) is 3.12. The lowest BCUT2D eigenvalue weighted by Gasteiger charge is -2.24. The van der Waals surface area contributed by atoms with Gasteiger partial charge in [0.05, 0.1) is 17.5 Å². The second kappa shape index (κ2) is 7.01. The molecule has 0 bridgehead atoms. The number of sulfone groups is 1. The number of hydrogen-bond acceptors (Lipinski definition) is 4. The highest BCUT2D eigenvalue weighted by molar-refractivity contribution is 7.91. The molecule has 2 atom stereocenters. The molecule has 1 aromatic rings. The number of amides is 1. The Kier molecular flexibility index (Phi) is 5.02. The van der Waals surface area contributed by atoms with Crippen molar-refractivity contribution in [3.63, 3.8) is 0 Å². The molecule has 3 rings (SSSR count). The van der Waals surface area contributed by atoms with E-state index in [2.05, 4.69) is 22.3 Å². The van der Waals surface area contributed by atoms with E-state index in [9.17, 15) is 13.2 Å². The maximum atomic E-state index is 12.5. The van der Waals surface area contributed by atoms with Gasteiger partial charge in [0.15, 0.2) is 9.84 Å². The van der Waals surface area contributed by atoms with E-state index in [1.54, 1.807) is 0 Å². The lowest BCUT2D eigenvalue weighted by Crippen LogP contribution is -2.44. The van der Waals surface area contributed by atoms with Gasteiger partial charge in [-0.3, -0.25) is 9.69 Å². The van der Waals surface area contributed by atoms with E-state index in [1.807, 2.05) is 18.2 Å². The number of carbonyl (C=O) groups excluding carboxylic acids is 1. The van der Waals surface area contributed by atoms with Crippen molar-refractivity contribution in [2.24, 2.45) is 5.92 Å². The fraction of sp³-hybridized carbons (Fsp3) is 0.588. The molecule has 0 saturated carbocycles. The fourth-order valence-electron chi connectivity index (χ4n) is 3.53. The van der Waals surface area contributed by atoms with Crippen LogP contribution in [0.25, 0.3) is 0 Å². The lowest BCUT2D eigenvalue weighted by atomic mass is 10.1. The van der Waals surface area contributed by atoms with E-state index in [0.29, 0.717) is 13.0 Å². The van der Waals surface area contributed by atoms with Gasteiger partial charge in [-0.25, -0.2) is 8.42 Å². The van der Waals surface area contributed by atoms with Gasteiger partial charge in [-0.05, 0) is 37.3 Å². The zero-order valence-corrected chi connectivity index (χ0v) is 14.1. The number of likely N-dealkylation sites (tertiary alicyclic amines) is 1. The second-order valence-electron chi connectivity index (χ2n) is 6.63. The summed E-state index contributed by atoms with van der Waals surface area (Å²) in [6.45, 7) is 2.20. The molecule has 23 heavy (non-hydrogen) atoms. The third-order valence-electron chi connectivity index (χ3n) is 4.79. The zero-order chi connectivity index (χ0) is 16.3. The molecule has 0 aromatic heterocycles. The number of nitrogens with one attached hydrogen (secondary N) is 1. The summed E-state index contributed by atoms with van der Waals surface area (Å²) >= 11 is 0. The van der Waals surface area contributed by atoms with E-state index in [-0.39, 0.29) is 29.4 Å². The third-order valence-corrected chi connectivity index (χ3v) is 6.62. The first-order valence-corrected chi connectivity index (χ1v) is 10.1. The van der Waals surface area contributed by atoms with E-state index < -0.39 is 9.84 Å². The maximum absolute atomic E-state index is 12.5. The predicted molar refractivity (Wildman–Crippen MR) is 89.6 cm³/mol. The highest BCUT2D eigenvalue weighted by Gasteiger charge is 2.32. The van der Waals surface area contributed by atoms with Gasteiger partial charge in [0.2, 0.25) is 5.91 Å². The van der Waals surface area contributed by atoms with E-state index >= 15 is 0 Å². The first kappa shape index (κ1) is 16.5. The minimum absolute atomic E-state index is 0.0442. The Morgan fingerprint density at radius 1 is 1.22 bits per heavy atom.